The Kier molecular flexibility index (Phi) is 5.87. The first-order chi connectivity index (χ1) is 12.5. The highest BCUT2D eigenvalue weighted by Crippen LogP contribution is 2.27. The van der Waals surface area contributed by atoms with Gasteiger partial charge in [0.2, 0.25) is 6.29 Å². The molecule has 2 aromatic rings. The molecule has 0 amide bonds. The fraction of sp³-hybridized carbons (Fsp3) is 0.368. The molecule has 1 aliphatic heterocycles. The Hall–Kier alpha value is -2.00. The molecule has 1 saturated heterocycles. The third-order valence-corrected chi connectivity index (χ3v) is 4.40. The zero-order chi connectivity index (χ0) is 18.7. The minimum atomic E-state index is -1.48. The predicted molar refractivity (Wildman–Crippen MR) is 92.2 cm³/mol. The summed E-state index contributed by atoms with van der Waals surface area (Å²) in [5.41, 5.74) is 2.67. The van der Waals surface area contributed by atoms with Crippen LogP contribution in [0.2, 0.25) is 0 Å². The Labute approximate surface area is 150 Å². The molecule has 7 heteroatoms. The lowest BCUT2D eigenvalue weighted by Gasteiger charge is -2.39. The zero-order valence-electron chi connectivity index (χ0n) is 14.0. The van der Waals surface area contributed by atoms with Gasteiger partial charge in [-0.2, -0.15) is 0 Å². The minimum absolute atomic E-state index is 0.0356. The number of aliphatic hydroxyl groups is 5. The third kappa shape index (κ3) is 3.88. The third-order valence-electron chi connectivity index (χ3n) is 4.40. The average Bonchev–Trinajstić information content (AvgIpc) is 2.69. The van der Waals surface area contributed by atoms with Gasteiger partial charge in [0.1, 0.15) is 30.2 Å². The molecule has 0 aromatic heterocycles. The minimum Gasteiger partial charge on any atom is -0.462 e. The summed E-state index contributed by atoms with van der Waals surface area (Å²) in [4.78, 5) is 0. The Morgan fingerprint density at radius 2 is 1.58 bits per heavy atom. The van der Waals surface area contributed by atoms with Gasteiger partial charge in [0.05, 0.1) is 13.2 Å². The summed E-state index contributed by atoms with van der Waals surface area (Å²) >= 11 is 0. The summed E-state index contributed by atoms with van der Waals surface area (Å²) in [6.07, 6.45) is -6.58. The predicted octanol–water partition coefficient (Wildman–Crippen LogP) is 0.0246. The molecule has 0 radical (unpaired) electrons. The second kappa shape index (κ2) is 8.13. The Bertz CT molecular complexity index is 716. The smallest absolute Gasteiger partial charge is 0.229 e. The van der Waals surface area contributed by atoms with E-state index in [0.717, 1.165) is 16.7 Å². The quantitative estimate of drug-likeness (QED) is 0.509. The molecule has 1 fully saturated rings. The first-order valence-corrected chi connectivity index (χ1v) is 8.31. The summed E-state index contributed by atoms with van der Waals surface area (Å²) in [5, 5.41) is 48.0. The molecule has 0 saturated carbocycles. The maximum atomic E-state index is 10.0. The molecule has 26 heavy (non-hydrogen) atoms. The average molecular weight is 362 g/mol. The van der Waals surface area contributed by atoms with Crippen molar-refractivity contribution >= 4 is 0 Å². The lowest BCUT2D eigenvalue weighted by molar-refractivity contribution is -0.277. The molecule has 0 aliphatic carbocycles. The molecule has 2 aromatic carbocycles. The van der Waals surface area contributed by atoms with Crippen LogP contribution in [0.25, 0.3) is 11.1 Å². The van der Waals surface area contributed by atoms with E-state index in [1.54, 1.807) is 12.1 Å². The SMILES string of the molecule is OCc1cccc(-c2ccc(OC3OC(CO)C(O)C(O)C3O)cc2)c1. The van der Waals surface area contributed by atoms with E-state index in [1.807, 2.05) is 36.4 Å². The van der Waals surface area contributed by atoms with Crippen molar-refractivity contribution in [1.82, 2.24) is 0 Å². The van der Waals surface area contributed by atoms with Crippen molar-refractivity contribution in [3.63, 3.8) is 0 Å². The van der Waals surface area contributed by atoms with Gasteiger partial charge in [-0.25, -0.2) is 0 Å². The largest absolute Gasteiger partial charge is 0.462 e. The van der Waals surface area contributed by atoms with Gasteiger partial charge in [0.15, 0.2) is 0 Å². The molecule has 0 spiro atoms. The van der Waals surface area contributed by atoms with E-state index in [-0.39, 0.29) is 6.61 Å². The van der Waals surface area contributed by atoms with Gasteiger partial charge in [-0.05, 0) is 34.9 Å². The summed E-state index contributed by atoms with van der Waals surface area (Å²) in [6, 6.07) is 14.5. The number of hydrogen-bond acceptors (Lipinski definition) is 7. The highest BCUT2D eigenvalue weighted by molar-refractivity contribution is 5.64. The highest BCUT2D eigenvalue weighted by Gasteiger charge is 2.44. The number of benzene rings is 2. The summed E-state index contributed by atoms with van der Waals surface area (Å²) < 4.78 is 10.9. The van der Waals surface area contributed by atoms with Crippen molar-refractivity contribution in [3.8, 4) is 16.9 Å². The molecule has 3 rings (SSSR count). The number of ether oxygens (including phenoxy) is 2. The van der Waals surface area contributed by atoms with Gasteiger partial charge in [0.25, 0.3) is 0 Å². The lowest BCUT2D eigenvalue weighted by atomic mass is 9.99. The Balaban J connectivity index is 1.72. The summed E-state index contributed by atoms with van der Waals surface area (Å²) in [5.74, 6) is 0.399. The van der Waals surface area contributed by atoms with Crippen LogP contribution < -0.4 is 4.74 Å². The van der Waals surface area contributed by atoms with E-state index in [1.165, 1.54) is 0 Å². The standard InChI is InChI=1S/C19H22O7/c20-9-11-2-1-3-13(8-11)12-4-6-14(7-5-12)25-19-18(24)17(23)16(22)15(10-21)26-19/h1-8,15-24H,9-10H2. The van der Waals surface area contributed by atoms with Crippen molar-refractivity contribution < 1.29 is 35.0 Å². The van der Waals surface area contributed by atoms with E-state index in [2.05, 4.69) is 0 Å². The van der Waals surface area contributed by atoms with Crippen LogP contribution in [-0.2, 0) is 11.3 Å². The van der Waals surface area contributed by atoms with Crippen LogP contribution in [0.3, 0.4) is 0 Å². The molecule has 5 N–H and O–H groups in total. The van der Waals surface area contributed by atoms with Crippen molar-refractivity contribution in [2.75, 3.05) is 6.61 Å². The van der Waals surface area contributed by atoms with Gasteiger partial charge >= 0.3 is 0 Å². The first kappa shape index (κ1) is 18.8. The molecule has 5 atom stereocenters. The maximum absolute atomic E-state index is 10.0. The molecule has 1 aliphatic rings. The van der Waals surface area contributed by atoms with Gasteiger partial charge < -0.3 is 35.0 Å². The van der Waals surface area contributed by atoms with Crippen LogP contribution >= 0.6 is 0 Å². The number of hydrogen-bond donors (Lipinski definition) is 5. The zero-order valence-corrected chi connectivity index (χ0v) is 14.0. The van der Waals surface area contributed by atoms with E-state index < -0.39 is 37.3 Å². The molecule has 5 unspecified atom stereocenters. The topological polar surface area (TPSA) is 120 Å². The summed E-state index contributed by atoms with van der Waals surface area (Å²) in [6.45, 7) is -0.545. The van der Waals surface area contributed by atoms with E-state index in [0.29, 0.717) is 5.75 Å². The van der Waals surface area contributed by atoms with Crippen LogP contribution in [0.1, 0.15) is 5.56 Å². The Morgan fingerprint density at radius 3 is 2.23 bits per heavy atom. The second-order valence-corrected chi connectivity index (χ2v) is 6.20. The second-order valence-electron chi connectivity index (χ2n) is 6.20. The number of rotatable bonds is 5. The molecular weight excluding hydrogens is 340 g/mol. The molecule has 0 bridgehead atoms. The highest BCUT2D eigenvalue weighted by atomic mass is 16.7. The van der Waals surface area contributed by atoms with Gasteiger partial charge in [0, 0.05) is 0 Å². The maximum Gasteiger partial charge on any atom is 0.229 e. The van der Waals surface area contributed by atoms with Crippen molar-refractivity contribution in [2.45, 2.75) is 37.3 Å². The van der Waals surface area contributed by atoms with Crippen molar-refractivity contribution in [3.05, 3.63) is 54.1 Å². The fourth-order valence-electron chi connectivity index (χ4n) is 2.87. The van der Waals surface area contributed by atoms with Crippen LogP contribution in [-0.4, -0.2) is 62.8 Å². The fourth-order valence-corrected chi connectivity index (χ4v) is 2.87. The van der Waals surface area contributed by atoms with E-state index in [9.17, 15) is 25.5 Å². The van der Waals surface area contributed by atoms with Crippen molar-refractivity contribution in [1.29, 1.82) is 0 Å². The van der Waals surface area contributed by atoms with Crippen LogP contribution in [0, 0.1) is 0 Å². The van der Waals surface area contributed by atoms with E-state index >= 15 is 0 Å². The molecule has 1 heterocycles. The van der Waals surface area contributed by atoms with Crippen LogP contribution in [0.4, 0.5) is 0 Å². The monoisotopic (exact) mass is 362 g/mol. The van der Waals surface area contributed by atoms with Crippen LogP contribution in [0.5, 0.6) is 5.75 Å². The van der Waals surface area contributed by atoms with Crippen molar-refractivity contribution in [2.24, 2.45) is 0 Å². The Morgan fingerprint density at radius 1 is 0.846 bits per heavy atom. The lowest BCUT2D eigenvalue weighted by Crippen LogP contribution is -2.60. The first-order valence-electron chi connectivity index (χ1n) is 8.31. The molecule has 7 nitrogen and oxygen atoms in total. The molecule has 140 valence electrons. The van der Waals surface area contributed by atoms with Gasteiger partial charge in [-0.1, -0.05) is 30.3 Å². The van der Waals surface area contributed by atoms with Gasteiger partial charge in [-0.3, -0.25) is 0 Å². The summed E-state index contributed by atoms with van der Waals surface area (Å²) in [7, 11) is 0. The van der Waals surface area contributed by atoms with Crippen LogP contribution in [0.15, 0.2) is 48.5 Å². The van der Waals surface area contributed by atoms with Gasteiger partial charge in [-0.15, -0.1) is 0 Å². The normalized spacial score (nSPS) is 28.7. The molecular formula is C19H22O7. The van der Waals surface area contributed by atoms with E-state index in [4.69, 9.17) is 9.47 Å². The number of aliphatic hydroxyl groups excluding tert-OH is 5.